The minimum Gasteiger partial charge on any atom is -0.312 e. The SMILES string of the molecule is C=C/C(=C\C=C(C)C)CNCC1CCCN(C)C1.CC. The molecule has 1 saturated heterocycles. The van der Waals surface area contributed by atoms with E-state index in [2.05, 4.69) is 49.8 Å². The Hall–Kier alpha value is -0.860. The summed E-state index contributed by atoms with van der Waals surface area (Å²) in [4.78, 5) is 2.43. The molecule has 0 aromatic carbocycles. The highest BCUT2D eigenvalue weighted by Gasteiger charge is 2.16. The summed E-state index contributed by atoms with van der Waals surface area (Å²) in [6.07, 6.45) is 8.94. The van der Waals surface area contributed by atoms with E-state index in [4.69, 9.17) is 0 Å². The van der Waals surface area contributed by atoms with Gasteiger partial charge in [0.1, 0.15) is 0 Å². The molecule has 1 fully saturated rings. The number of nitrogens with zero attached hydrogens (tertiary/aromatic N) is 1. The molecule has 116 valence electrons. The molecule has 1 aliphatic rings. The van der Waals surface area contributed by atoms with Gasteiger partial charge < -0.3 is 10.2 Å². The molecule has 0 aliphatic carbocycles. The van der Waals surface area contributed by atoms with Gasteiger partial charge >= 0.3 is 0 Å². The fourth-order valence-corrected chi connectivity index (χ4v) is 2.33. The van der Waals surface area contributed by atoms with E-state index in [0.29, 0.717) is 0 Å². The molecule has 1 rings (SSSR count). The van der Waals surface area contributed by atoms with E-state index in [9.17, 15) is 0 Å². The van der Waals surface area contributed by atoms with Crippen molar-refractivity contribution in [1.82, 2.24) is 10.2 Å². The van der Waals surface area contributed by atoms with Crippen LogP contribution in [0.1, 0.15) is 40.5 Å². The van der Waals surface area contributed by atoms with E-state index in [-0.39, 0.29) is 0 Å². The lowest BCUT2D eigenvalue weighted by molar-refractivity contribution is 0.207. The van der Waals surface area contributed by atoms with E-state index >= 15 is 0 Å². The summed E-state index contributed by atoms with van der Waals surface area (Å²) in [7, 11) is 2.22. The third-order valence-electron chi connectivity index (χ3n) is 3.38. The van der Waals surface area contributed by atoms with E-state index < -0.39 is 0 Å². The lowest BCUT2D eigenvalue weighted by Gasteiger charge is -2.29. The molecule has 1 unspecified atom stereocenters. The first-order chi connectivity index (χ1) is 9.61. The number of likely N-dealkylation sites (tertiary alicyclic amines) is 1. The van der Waals surface area contributed by atoms with Crippen molar-refractivity contribution >= 4 is 0 Å². The van der Waals surface area contributed by atoms with Gasteiger partial charge in [-0.3, -0.25) is 0 Å². The minimum atomic E-state index is 0.804. The summed E-state index contributed by atoms with van der Waals surface area (Å²) in [6.45, 7) is 16.6. The zero-order valence-electron chi connectivity index (χ0n) is 14.2. The van der Waals surface area contributed by atoms with Gasteiger partial charge in [-0.25, -0.2) is 0 Å². The van der Waals surface area contributed by atoms with Crippen LogP contribution in [0.3, 0.4) is 0 Å². The first-order valence-electron chi connectivity index (χ1n) is 7.97. The maximum atomic E-state index is 3.87. The van der Waals surface area contributed by atoms with Gasteiger partial charge in [-0.2, -0.15) is 0 Å². The average Bonchev–Trinajstić information content (AvgIpc) is 2.44. The van der Waals surface area contributed by atoms with Gasteiger partial charge in [0.25, 0.3) is 0 Å². The summed E-state index contributed by atoms with van der Waals surface area (Å²) in [5.74, 6) is 0.804. The molecule has 0 aromatic heterocycles. The van der Waals surface area contributed by atoms with Gasteiger partial charge in [-0.05, 0) is 58.3 Å². The molecule has 0 amide bonds. The molecule has 1 atom stereocenters. The van der Waals surface area contributed by atoms with E-state index in [1.807, 2.05) is 19.9 Å². The molecule has 2 heteroatoms. The Morgan fingerprint density at radius 2 is 2.00 bits per heavy atom. The number of allylic oxidation sites excluding steroid dienone is 3. The lowest BCUT2D eigenvalue weighted by atomic mass is 9.98. The number of hydrogen-bond acceptors (Lipinski definition) is 2. The van der Waals surface area contributed by atoms with Gasteiger partial charge in [0.2, 0.25) is 0 Å². The van der Waals surface area contributed by atoms with Gasteiger partial charge in [-0.15, -0.1) is 0 Å². The topological polar surface area (TPSA) is 15.3 Å². The van der Waals surface area contributed by atoms with Crippen LogP contribution < -0.4 is 5.32 Å². The zero-order chi connectivity index (χ0) is 15.4. The Labute approximate surface area is 126 Å². The van der Waals surface area contributed by atoms with Crippen LogP contribution in [0, 0.1) is 5.92 Å². The normalized spacial score (nSPS) is 19.9. The molecule has 20 heavy (non-hydrogen) atoms. The van der Waals surface area contributed by atoms with Crippen LogP contribution >= 0.6 is 0 Å². The fourth-order valence-electron chi connectivity index (χ4n) is 2.33. The molecule has 0 aromatic rings. The Kier molecular flexibility index (Phi) is 11.4. The Bertz CT molecular complexity index is 311. The van der Waals surface area contributed by atoms with Crippen molar-refractivity contribution in [1.29, 1.82) is 0 Å². The van der Waals surface area contributed by atoms with Crippen LogP contribution in [0.15, 0.2) is 36.0 Å². The number of hydrogen-bond donors (Lipinski definition) is 1. The maximum Gasteiger partial charge on any atom is 0.0205 e. The van der Waals surface area contributed by atoms with E-state index in [1.165, 1.54) is 37.1 Å². The van der Waals surface area contributed by atoms with Crippen LogP contribution in [0.2, 0.25) is 0 Å². The van der Waals surface area contributed by atoms with Crippen LogP contribution in [-0.2, 0) is 0 Å². The van der Waals surface area contributed by atoms with E-state index in [0.717, 1.165) is 19.0 Å². The quantitative estimate of drug-likeness (QED) is 0.738. The first kappa shape index (κ1) is 19.1. The zero-order valence-corrected chi connectivity index (χ0v) is 14.2. The summed E-state index contributed by atoms with van der Waals surface area (Å²) in [5.41, 5.74) is 2.59. The second kappa shape index (κ2) is 11.9. The molecule has 0 radical (unpaired) electrons. The molecule has 0 bridgehead atoms. The van der Waals surface area contributed by atoms with Gasteiger partial charge in [0.15, 0.2) is 0 Å². The van der Waals surface area contributed by atoms with Crippen LogP contribution in [0.5, 0.6) is 0 Å². The van der Waals surface area contributed by atoms with Gasteiger partial charge in [0.05, 0.1) is 0 Å². The van der Waals surface area contributed by atoms with Gasteiger partial charge in [-0.1, -0.05) is 44.2 Å². The van der Waals surface area contributed by atoms with Crippen LogP contribution in [-0.4, -0.2) is 38.1 Å². The predicted octanol–water partition coefficient (Wildman–Crippen LogP) is 4.02. The third kappa shape index (κ3) is 9.11. The smallest absolute Gasteiger partial charge is 0.0205 e. The highest BCUT2D eigenvalue weighted by Crippen LogP contribution is 2.13. The van der Waals surface area contributed by atoms with Crippen LogP contribution in [0.4, 0.5) is 0 Å². The van der Waals surface area contributed by atoms with Crippen LogP contribution in [0.25, 0.3) is 0 Å². The van der Waals surface area contributed by atoms with Crippen molar-refractivity contribution in [2.75, 3.05) is 33.2 Å². The molecule has 1 aliphatic heterocycles. The third-order valence-corrected chi connectivity index (χ3v) is 3.38. The molecular formula is C18H34N2. The van der Waals surface area contributed by atoms with Crippen molar-refractivity contribution in [3.8, 4) is 0 Å². The number of rotatable bonds is 6. The summed E-state index contributed by atoms with van der Waals surface area (Å²) >= 11 is 0. The van der Waals surface area contributed by atoms with Crippen molar-refractivity contribution in [2.45, 2.75) is 40.5 Å². The molecule has 0 saturated carbocycles. The van der Waals surface area contributed by atoms with Gasteiger partial charge in [0, 0.05) is 13.1 Å². The lowest BCUT2D eigenvalue weighted by Crippen LogP contribution is -2.37. The first-order valence-corrected chi connectivity index (χ1v) is 7.97. The van der Waals surface area contributed by atoms with Crippen molar-refractivity contribution < 1.29 is 0 Å². The fraction of sp³-hybridized carbons (Fsp3) is 0.667. The summed E-state index contributed by atoms with van der Waals surface area (Å²) in [5, 5.41) is 3.55. The number of piperidine rings is 1. The second-order valence-corrected chi connectivity index (χ2v) is 5.59. The standard InChI is InChI=1S/C16H28N2.C2H6/c1-5-15(9-8-14(2)3)11-17-12-16-7-6-10-18(4)13-16;1-2/h5,8-9,16-17H,1,6-7,10-13H2,2-4H3;1-2H3/b15-9+;. The Balaban J connectivity index is 0.00000172. The molecule has 2 nitrogen and oxygen atoms in total. The highest BCUT2D eigenvalue weighted by atomic mass is 15.1. The Morgan fingerprint density at radius 1 is 1.30 bits per heavy atom. The maximum absolute atomic E-state index is 3.87. The highest BCUT2D eigenvalue weighted by molar-refractivity contribution is 5.24. The predicted molar refractivity (Wildman–Crippen MR) is 92.1 cm³/mol. The second-order valence-electron chi connectivity index (χ2n) is 5.59. The van der Waals surface area contributed by atoms with Crippen molar-refractivity contribution in [3.63, 3.8) is 0 Å². The van der Waals surface area contributed by atoms with Crippen molar-refractivity contribution in [2.24, 2.45) is 5.92 Å². The number of nitrogens with one attached hydrogen (secondary N) is 1. The molecule has 1 N–H and O–H groups in total. The minimum absolute atomic E-state index is 0.804. The Morgan fingerprint density at radius 3 is 2.55 bits per heavy atom. The molecule has 1 heterocycles. The summed E-state index contributed by atoms with van der Waals surface area (Å²) in [6, 6.07) is 0. The average molecular weight is 278 g/mol. The largest absolute Gasteiger partial charge is 0.312 e. The van der Waals surface area contributed by atoms with Crippen molar-refractivity contribution in [3.05, 3.63) is 36.0 Å². The molecule has 0 spiro atoms. The monoisotopic (exact) mass is 278 g/mol. The molecular weight excluding hydrogens is 244 g/mol. The van der Waals surface area contributed by atoms with E-state index in [1.54, 1.807) is 0 Å². The summed E-state index contributed by atoms with van der Waals surface area (Å²) < 4.78 is 0.